The highest BCUT2D eigenvalue weighted by Crippen LogP contribution is 2.30. The fourth-order valence-electron chi connectivity index (χ4n) is 2.17. The van der Waals surface area contributed by atoms with Gasteiger partial charge in [-0.25, -0.2) is 4.68 Å². The van der Waals surface area contributed by atoms with Gasteiger partial charge in [0.15, 0.2) is 0 Å². The first-order valence-corrected chi connectivity index (χ1v) is 5.99. The zero-order valence-electron chi connectivity index (χ0n) is 9.44. The Kier molecular flexibility index (Phi) is 2.19. The summed E-state index contributed by atoms with van der Waals surface area (Å²) >= 11 is 0. The van der Waals surface area contributed by atoms with Gasteiger partial charge in [0, 0.05) is 18.4 Å². The number of amides is 1. The first-order valence-electron chi connectivity index (χ1n) is 5.99. The van der Waals surface area contributed by atoms with E-state index >= 15 is 0 Å². The van der Waals surface area contributed by atoms with Gasteiger partial charge in [-0.1, -0.05) is 6.92 Å². The van der Waals surface area contributed by atoms with Crippen LogP contribution in [0.15, 0.2) is 0 Å². The van der Waals surface area contributed by atoms with Crippen molar-refractivity contribution in [1.82, 2.24) is 14.8 Å². The molecule has 0 bridgehead atoms. The Morgan fingerprint density at radius 1 is 1.44 bits per heavy atom. The SMILES string of the molecule is CC1CCCn2nc(NC(=O)C3CC3)nc21. The van der Waals surface area contributed by atoms with Gasteiger partial charge < -0.3 is 0 Å². The van der Waals surface area contributed by atoms with Crippen molar-refractivity contribution in [2.45, 2.75) is 45.1 Å². The molecule has 5 nitrogen and oxygen atoms in total. The van der Waals surface area contributed by atoms with Crippen LogP contribution in [0.1, 0.15) is 44.3 Å². The number of aromatic nitrogens is 3. The third-order valence-corrected chi connectivity index (χ3v) is 3.33. The molecule has 1 aromatic rings. The second-order valence-electron chi connectivity index (χ2n) is 4.82. The van der Waals surface area contributed by atoms with Crippen LogP contribution in [0.5, 0.6) is 0 Å². The molecule has 1 unspecified atom stereocenters. The Labute approximate surface area is 94.2 Å². The van der Waals surface area contributed by atoms with Crippen molar-refractivity contribution in [1.29, 1.82) is 0 Å². The molecule has 1 fully saturated rings. The second-order valence-corrected chi connectivity index (χ2v) is 4.82. The zero-order chi connectivity index (χ0) is 11.1. The van der Waals surface area contributed by atoms with Crippen molar-refractivity contribution < 1.29 is 4.79 Å². The maximum absolute atomic E-state index is 11.6. The van der Waals surface area contributed by atoms with Gasteiger partial charge in [0.1, 0.15) is 5.82 Å². The highest BCUT2D eigenvalue weighted by atomic mass is 16.2. The minimum absolute atomic E-state index is 0.0793. The number of carbonyl (C=O) groups is 1. The molecule has 16 heavy (non-hydrogen) atoms. The Morgan fingerprint density at radius 2 is 2.25 bits per heavy atom. The van der Waals surface area contributed by atoms with Gasteiger partial charge in [0.2, 0.25) is 11.9 Å². The number of nitrogens with one attached hydrogen (secondary N) is 1. The van der Waals surface area contributed by atoms with Gasteiger partial charge in [-0.05, 0) is 25.7 Å². The summed E-state index contributed by atoms with van der Waals surface area (Å²) in [5.74, 6) is 2.24. The summed E-state index contributed by atoms with van der Waals surface area (Å²) in [6.07, 6.45) is 4.33. The van der Waals surface area contributed by atoms with Crippen LogP contribution in [0.25, 0.3) is 0 Å². The molecule has 1 aromatic heterocycles. The van der Waals surface area contributed by atoms with Gasteiger partial charge in [0.05, 0.1) is 0 Å². The van der Waals surface area contributed by atoms with E-state index in [1.54, 1.807) is 0 Å². The van der Waals surface area contributed by atoms with E-state index in [0.29, 0.717) is 11.9 Å². The molecule has 2 heterocycles. The number of hydrogen-bond donors (Lipinski definition) is 1. The lowest BCUT2D eigenvalue weighted by atomic mass is 10.0. The van der Waals surface area contributed by atoms with Crippen molar-refractivity contribution in [3.05, 3.63) is 5.82 Å². The predicted molar refractivity (Wildman–Crippen MR) is 59.0 cm³/mol. The topological polar surface area (TPSA) is 59.8 Å². The van der Waals surface area contributed by atoms with Crippen molar-refractivity contribution >= 4 is 11.9 Å². The summed E-state index contributed by atoms with van der Waals surface area (Å²) < 4.78 is 1.93. The highest BCUT2D eigenvalue weighted by molar-refractivity contribution is 5.92. The first kappa shape index (κ1) is 9.81. The van der Waals surface area contributed by atoms with Crippen LogP contribution in [0.2, 0.25) is 0 Å². The summed E-state index contributed by atoms with van der Waals surface area (Å²) in [6.45, 7) is 3.08. The largest absolute Gasteiger partial charge is 0.293 e. The van der Waals surface area contributed by atoms with Crippen molar-refractivity contribution in [2.24, 2.45) is 5.92 Å². The minimum Gasteiger partial charge on any atom is -0.293 e. The number of aryl methyl sites for hydroxylation is 1. The Balaban J connectivity index is 1.78. The summed E-state index contributed by atoms with van der Waals surface area (Å²) in [6, 6.07) is 0. The molecule has 0 radical (unpaired) electrons. The molecule has 5 heteroatoms. The number of anilines is 1. The molecule has 0 spiro atoms. The van der Waals surface area contributed by atoms with Crippen LogP contribution in [0.3, 0.4) is 0 Å². The highest BCUT2D eigenvalue weighted by Gasteiger charge is 2.31. The maximum atomic E-state index is 11.6. The molecule has 1 amide bonds. The van der Waals surface area contributed by atoms with E-state index in [1.807, 2.05) is 4.68 Å². The van der Waals surface area contributed by atoms with E-state index in [0.717, 1.165) is 38.1 Å². The summed E-state index contributed by atoms with van der Waals surface area (Å²) in [5.41, 5.74) is 0. The van der Waals surface area contributed by atoms with Gasteiger partial charge in [-0.3, -0.25) is 10.1 Å². The Morgan fingerprint density at radius 3 is 2.94 bits per heavy atom. The summed E-state index contributed by atoms with van der Waals surface area (Å²) in [4.78, 5) is 16.0. The number of fused-ring (bicyclic) bond motifs is 1. The molecule has 1 atom stereocenters. The number of nitrogens with zero attached hydrogens (tertiary/aromatic N) is 3. The standard InChI is InChI=1S/C11H16N4O/c1-7-3-2-6-15-9(7)12-11(14-15)13-10(16)8-4-5-8/h7-8H,2-6H2,1H3,(H,13,14,16). The quantitative estimate of drug-likeness (QED) is 0.822. The molecule has 1 aliphatic carbocycles. The lowest BCUT2D eigenvalue weighted by Crippen LogP contribution is -2.15. The molecule has 2 aliphatic rings. The lowest BCUT2D eigenvalue weighted by molar-refractivity contribution is -0.117. The second kappa shape index (κ2) is 3.57. The van der Waals surface area contributed by atoms with Gasteiger partial charge in [-0.15, -0.1) is 5.10 Å². The molecule has 1 N–H and O–H groups in total. The van der Waals surface area contributed by atoms with Crippen LogP contribution in [0.4, 0.5) is 5.95 Å². The van der Waals surface area contributed by atoms with Crippen LogP contribution in [0, 0.1) is 5.92 Å². The first-order chi connectivity index (χ1) is 7.74. The van der Waals surface area contributed by atoms with Crippen LogP contribution in [-0.4, -0.2) is 20.7 Å². The summed E-state index contributed by atoms with van der Waals surface area (Å²) in [7, 11) is 0. The molecule has 1 saturated carbocycles. The average molecular weight is 220 g/mol. The van der Waals surface area contributed by atoms with Gasteiger partial charge >= 0.3 is 0 Å². The molecular weight excluding hydrogens is 204 g/mol. The van der Waals surface area contributed by atoms with E-state index in [1.165, 1.54) is 0 Å². The number of carbonyl (C=O) groups excluding carboxylic acids is 1. The molecule has 3 rings (SSSR count). The normalized spacial score (nSPS) is 23.9. The Bertz CT molecular complexity index is 422. The molecular formula is C11H16N4O. The van der Waals surface area contributed by atoms with Gasteiger partial charge in [0.25, 0.3) is 0 Å². The lowest BCUT2D eigenvalue weighted by Gasteiger charge is -2.17. The zero-order valence-corrected chi connectivity index (χ0v) is 9.44. The maximum Gasteiger partial charge on any atom is 0.248 e. The monoisotopic (exact) mass is 220 g/mol. The number of rotatable bonds is 2. The molecule has 0 aromatic carbocycles. The van der Waals surface area contributed by atoms with E-state index in [4.69, 9.17) is 0 Å². The van der Waals surface area contributed by atoms with E-state index < -0.39 is 0 Å². The minimum atomic E-state index is 0.0793. The third-order valence-electron chi connectivity index (χ3n) is 3.33. The fourth-order valence-corrected chi connectivity index (χ4v) is 2.17. The molecule has 86 valence electrons. The molecule has 1 aliphatic heterocycles. The predicted octanol–water partition coefficient (Wildman–Crippen LogP) is 1.52. The van der Waals surface area contributed by atoms with Crippen molar-refractivity contribution in [3.8, 4) is 0 Å². The van der Waals surface area contributed by atoms with Crippen LogP contribution in [-0.2, 0) is 11.3 Å². The fraction of sp³-hybridized carbons (Fsp3) is 0.727. The average Bonchev–Trinajstić information content (AvgIpc) is 3.01. The van der Waals surface area contributed by atoms with E-state index in [9.17, 15) is 4.79 Å². The summed E-state index contributed by atoms with van der Waals surface area (Å²) in [5, 5.41) is 7.12. The van der Waals surface area contributed by atoms with Crippen molar-refractivity contribution in [3.63, 3.8) is 0 Å². The molecule has 0 saturated heterocycles. The van der Waals surface area contributed by atoms with Crippen LogP contribution < -0.4 is 5.32 Å². The third kappa shape index (κ3) is 1.70. The number of hydrogen-bond acceptors (Lipinski definition) is 3. The smallest absolute Gasteiger partial charge is 0.248 e. The van der Waals surface area contributed by atoms with Crippen molar-refractivity contribution in [2.75, 3.05) is 5.32 Å². The van der Waals surface area contributed by atoms with E-state index in [-0.39, 0.29) is 11.8 Å². The van der Waals surface area contributed by atoms with Gasteiger partial charge in [-0.2, -0.15) is 4.98 Å². The van der Waals surface area contributed by atoms with E-state index in [2.05, 4.69) is 22.3 Å². The Hall–Kier alpha value is -1.39. The van der Waals surface area contributed by atoms with Crippen LogP contribution >= 0.6 is 0 Å².